The predicted molar refractivity (Wildman–Crippen MR) is 122 cm³/mol. The number of nitrogens with one attached hydrogen (secondary N) is 1. The number of nitrogens with zero attached hydrogens (tertiary/aromatic N) is 5. The number of rotatable bonds is 5. The van der Waals surface area contributed by atoms with Gasteiger partial charge < -0.3 is 5.32 Å². The largest absolute Gasteiger partial charge is 0.325 e. The molecule has 5 aromatic rings. The normalized spacial score (nSPS) is 11.3. The second-order valence-corrected chi connectivity index (χ2v) is 8.36. The van der Waals surface area contributed by atoms with Gasteiger partial charge in [-0.25, -0.2) is 4.52 Å². The number of carbonyl (C=O) groups is 1. The van der Waals surface area contributed by atoms with Crippen LogP contribution in [-0.2, 0) is 4.79 Å². The van der Waals surface area contributed by atoms with Gasteiger partial charge in [0, 0.05) is 23.6 Å². The second kappa shape index (κ2) is 7.88. The molecule has 0 bridgehead atoms. The topological polar surface area (TPSA) is 76.6 Å². The first kappa shape index (κ1) is 19.3. The van der Waals surface area contributed by atoms with Crippen molar-refractivity contribution in [2.75, 3.05) is 11.1 Å². The molecule has 7 nitrogen and oxygen atoms in total. The van der Waals surface area contributed by atoms with E-state index >= 15 is 0 Å². The third-order valence-corrected chi connectivity index (χ3v) is 5.84. The van der Waals surface area contributed by atoms with Crippen molar-refractivity contribution in [1.29, 1.82) is 0 Å². The van der Waals surface area contributed by atoms with Crippen LogP contribution >= 0.6 is 11.8 Å². The Morgan fingerprint density at radius 3 is 2.55 bits per heavy atom. The Balaban J connectivity index is 1.36. The van der Waals surface area contributed by atoms with E-state index in [-0.39, 0.29) is 11.7 Å². The van der Waals surface area contributed by atoms with Crippen LogP contribution in [0.2, 0.25) is 0 Å². The first-order valence-corrected chi connectivity index (χ1v) is 10.8. The number of benzene rings is 2. The van der Waals surface area contributed by atoms with E-state index in [0.717, 1.165) is 33.6 Å². The average molecular weight is 429 g/mol. The number of hydrogen-bond acceptors (Lipinski definition) is 5. The summed E-state index contributed by atoms with van der Waals surface area (Å²) < 4.78 is 3.69. The molecular weight excluding hydrogens is 408 g/mol. The first-order chi connectivity index (χ1) is 15.1. The van der Waals surface area contributed by atoms with Crippen LogP contribution in [0.1, 0.15) is 11.1 Å². The lowest BCUT2D eigenvalue weighted by Gasteiger charge is -2.07. The number of aromatic nitrogens is 5. The average Bonchev–Trinajstić information content (AvgIpc) is 3.36. The molecule has 154 valence electrons. The van der Waals surface area contributed by atoms with Gasteiger partial charge in [0.1, 0.15) is 5.52 Å². The number of amides is 1. The molecule has 1 amide bonds. The molecule has 0 aliphatic rings. The minimum atomic E-state index is -0.0801. The van der Waals surface area contributed by atoms with Gasteiger partial charge in [-0.15, -0.1) is 10.2 Å². The highest BCUT2D eigenvalue weighted by molar-refractivity contribution is 7.99. The quantitative estimate of drug-likeness (QED) is 0.420. The maximum absolute atomic E-state index is 12.4. The molecule has 0 radical (unpaired) electrons. The second-order valence-electron chi connectivity index (χ2n) is 7.41. The Kier molecular flexibility index (Phi) is 4.91. The number of carbonyl (C=O) groups excluding carboxylic acids is 1. The molecule has 5 rings (SSSR count). The first-order valence-electron chi connectivity index (χ1n) is 9.86. The zero-order valence-corrected chi connectivity index (χ0v) is 17.9. The SMILES string of the molecule is Cc1cc(C)cc(NC(=O)CSc2nnc3c4cc(-c5ccccc5)nn4ccn23)c1. The molecular formula is C23H20N6OS. The number of fused-ring (bicyclic) bond motifs is 3. The molecule has 31 heavy (non-hydrogen) atoms. The summed E-state index contributed by atoms with van der Waals surface area (Å²) in [5, 5.41) is 16.9. The van der Waals surface area contributed by atoms with E-state index in [2.05, 4.69) is 26.7 Å². The van der Waals surface area contributed by atoms with Crippen LogP contribution in [-0.4, -0.2) is 35.9 Å². The molecule has 2 aromatic carbocycles. The van der Waals surface area contributed by atoms with E-state index in [1.807, 2.05) is 79.2 Å². The van der Waals surface area contributed by atoms with E-state index in [1.54, 1.807) is 4.52 Å². The molecule has 0 aliphatic carbocycles. The molecule has 0 saturated heterocycles. The van der Waals surface area contributed by atoms with Crippen LogP contribution in [0.15, 0.2) is 72.1 Å². The van der Waals surface area contributed by atoms with E-state index in [1.165, 1.54) is 11.8 Å². The van der Waals surface area contributed by atoms with Crippen molar-refractivity contribution in [3.63, 3.8) is 0 Å². The van der Waals surface area contributed by atoms with Gasteiger partial charge in [0.15, 0.2) is 10.8 Å². The summed E-state index contributed by atoms with van der Waals surface area (Å²) in [6, 6.07) is 18.0. The van der Waals surface area contributed by atoms with Gasteiger partial charge in [-0.1, -0.05) is 48.2 Å². The fraction of sp³-hybridized carbons (Fsp3) is 0.130. The van der Waals surface area contributed by atoms with Gasteiger partial charge in [0.25, 0.3) is 0 Å². The molecule has 3 aromatic heterocycles. The summed E-state index contributed by atoms with van der Waals surface area (Å²) in [6.45, 7) is 4.03. The highest BCUT2D eigenvalue weighted by Crippen LogP contribution is 2.24. The minimum absolute atomic E-state index is 0.0801. The summed E-state index contributed by atoms with van der Waals surface area (Å²) in [5.74, 6) is 0.163. The maximum Gasteiger partial charge on any atom is 0.234 e. The summed E-state index contributed by atoms with van der Waals surface area (Å²) in [7, 11) is 0. The molecule has 8 heteroatoms. The van der Waals surface area contributed by atoms with E-state index < -0.39 is 0 Å². The third kappa shape index (κ3) is 3.89. The molecule has 0 unspecified atom stereocenters. The lowest BCUT2D eigenvalue weighted by Crippen LogP contribution is -2.14. The third-order valence-electron chi connectivity index (χ3n) is 4.89. The molecule has 0 aliphatic heterocycles. The van der Waals surface area contributed by atoms with Crippen molar-refractivity contribution in [1.82, 2.24) is 24.2 Å². The van der Waals surface area contributed by atoms with Crippen molar-refractivity contribution in [2.45, 2.75) is 19.0 Å². The van der Waals surface area contributed by atoms with Gasteiger partial charge in [-0.2, -0.15) is 5.10 Å². The molecule has 0 fully saturated rings. The lowest BCUT2D eigenvalue weighted by atomic mass is 10.1. The lowest BCUT2D eigenvalue weighted by molar-refractivity contribution is -0.113. The summed E-state index contributed by atoms with van der Waals surface area (Å²) in [4.78, 5) is 12.4. The van der Waals surface area contributed by atoms with Crippen molar-refractivity contribution in [2.24, 2.45) is 0 Å². The monoisotopic (exact) mass is 428 g/mol. The molecule has 0 saturated carbocycles. The van der Waals surface area contributed by atoms with Gasteiger partial charge in [-0.3, -0.25) is 9.20 Å². The number of anilines is 1. The van der Waals surface area contributed by atoms with Gasteiger partial charge in [-0.05, 0) is 43.2 Å². The van der Waals surface area contributed by atoms with E-state index in [0.29, 0.717) is 10.8 Å². The zero-order chi connectivity index (χ0) is 21.4. The molecule has 0 atom stereocenters. The van der Waals surface area contributed by atoms with Crippen molar-refractivity contribution >= 4 is 34.5 Å². The van der Waals surface area contributed by atoms with E-state index in [4.69, 9.17) is 0 Å². The fourth-order valence-electron chi connectivity index (χ4n) is 3.61. The van der Waals surface area contributed by atoms with Crippen LogP contribution < -0.4 is 5.32 Å². The highest BCUT2D eigenvalue weighted by atomic mass is 32.2. The standard InChI is InChI=1S/C23H20N6OS/c1-15-10-16(2)12-18(11-15)24-21(30)14-31-23-26-25-22-20-13-19(17-6-4-3-5-7-17)27-29(20)9-8-28(22)23/h3-13H,14H2,1-2H3,(H,24,30). The van der Waals surface area contributed by atoms with Gasteiger partial charge in [0.05, 0.1) is 11.4 Å². The van der Waals surface area contributed by atoms with Crippen molar-refractivity contribution in [3.8, 4) is 11.3 Å². The molecule has 0 spiro atoms. The smallest absolute Gasteiger partial charge is 0.234 e. The van der Waals surface area contributed by atoms with E-state index in [9.17, 15) is 4.79 Å². The van der Waals surface area contributed by atoms with Gasteiger partial charge in [0.2, 0.25) is 5.91 Å². The Bertz CT molecular complexity index is 1390. The van der Waals surface area contributed by atoms with Crippen LogP contribution in [0.25, 0.3) is 22.4 Å². The molecule has 3 heterocycles. The highest BCUT2D eigenvalue weighted by Gasteiger charge is 2.14. The Hall–Kier alpha value is -3.65. The number of aryl methyl sites for hydroxylation is 2. The van der Waals surface area contributed by atoms with Crippen LogP contribution in [0, 0.1) is 13.8 Å². The van der Waals surface area contributed by atoms with Gasteiger partial charge >= 0.3 is 0 Å². The fourth-order valence-corrected chi connectivity index (χ4v) is 4.33. The van der Waals surface area contributed by atoms with Crippen LogP contribution in [0.3, 0.4) is 0 Å². The van der Waals surface area contributed by atoms with Crippen LogP contribution in [0.5, 0.6) is 0 Å². The predicted octanol–water partition coefficient (Wildman–Crippen LogP) is 4.39. The van der Waals surface area contributed by atoms with Crippen LogP contribution in [0.4, 0.5) is 5.69 Å². The Morgan fingerprint density at radius 2 is 1.77 bits per heavy atom. The Morgan fingerprint density at radius 1 is 1.00 bits per heavy atom. The summed E-state index contributed by atoms with van der Waals surface area (Å²) >= 11 is 1.35. The summed E-state index contributed by atoms with van der Waals surface area (Å²) in [5.41, 5.74) is 6.52. The summed E-state index contributed by atoms with van der Waals surface area (Å²) in [6.07, 6.45) is 3.74. The van der Waals surface area contributed by atoms with Crippen molar-refractivity contribution < 1.29 is 4.79 Å². The zero-order valence-electron chi connectivity index (χ0n) is 17.1. The van der Waals surface area contributed by atoms with Crippen molar-refractivity contribution in [3.05, 3.63) is 78.1 Å². The Labute approximate surface area is 183 Å². The number of thioether (sulfide) groups is 1. The maximum atomic E-state index is 12.4. The molecule has 1 N–H and O–H groups in total. The minimum Gasteiger partial charge on any atom is -0.325 e. The number of hydrogen-bond donors (Lipinski definition) is 1.